The zero-order valence-electron chi connectivity index (χ0n) is 15.5. The van der Waals surface area contributed by atoms with E-state index in [2.05, 4.69) is 5.32 Å². The second-order valence-electron chi connectivity index (χ2n) is 6.86. The summed E-state index contributed by atoms with van der Waals surface area (Å²) in [5, 5.41) is 3.56. The lowest BCUT2D eigenvalue weighted by Crippen LogP contribution is -2.27. The maximum Gasteiger partial charge on any atom is 0.268 e. The molecule has 2 rings (SSSR count). The second kappa shape index (κ2) is 7.27. The predicted molar refractivity (Wildman–Crippen MR) is 103 cm³/mol. The highest BCUT2D eigenvalue weighted by Gasteiger charge is 2.24. The highest BCUT2D eigenvalue weighted by Crippen LogP contribution is 2.32. The molecule has 6 heteroatoms. The number of nitrogens with zero attached hydrogens (tertiary/aromatic N) is 1. The largest absolute Gasteiger partial charge is 0.495 e. The molecule has 0 radical (unpaired) electrons. The van der Waals surface area contributed by atoms with E-state index in [1.807, 2.05) is 58.0 Å². The Morgan fingerprint density at radius 2 is 1.84 bits per heavy atom. The van der Waals surface area contributed by atoms with Gasteiger partial charge in [0, 0.05) is 12.5 Å². The lowest BCUT2D eigenvalue weighted by molar-refractivity contribution is -0.123. The molecule has 0 bridgehead atoms. The Labute approximate surface area is 152 Å². The van der Waals surface area contributed by atoms with E-state index in [0.717, 1.165) is 5.56 Å². The van der Waals surface area contributed by atoms with Gasteiger partial charge in [-0.2, -0.15) is 0 Å². The fourth-order valence-electron chi connectivity index (χ4n) is 2.22. The number of amides is 2. The maximum atomic E-state index is 12.9. The Hall–Kier alpha value is -2.34. The van der Waals surface area contributed by atoms with E-state index in [0.29, 0.717) is 21.3 Å². The molecular weight excluding hydrogens is 336 g/mol. The standard InChI is InChI=1S/C19H24N2O3S/c1-12-11-15(20-18(23)19(2,3)4)25-16(12)17(22)21(5)13-9-7-8-10-14(13)24-6/h7-11H,1-6H3,(H,20,23). The van der Waals surface area contributed by atoms with Gasteiger partial charge in [-0.25, -0.2) is 0 Å². The number of carbonyl (C=O) groups is 2. The van der Waals surface area contributed by atoms with Crippen molar-refractivity contribution in [2.75, 3.05) is 24.4 Å². The van der Waals surface area contributed by atoms with Gasteiger partial charge in [-0.05, 0) is 30.7 Å². The molecule has 0 unspecified atom stereocenters. The molecule has 1 aromatic carbocycles. The van der Waals surface area contributed by atoms with E-state index < -0.39 is 5.41 Å². The van der Waals surface area contributed by atoms with Crippen LogP contribution in [0.15, 0.2) is 30.3 Å². The molecule has 0 saturated carbocycles. The number of carbonyl (C=O) groups excluding carboxylic acids is 2. The molecular formula is C19H24N2O3S. The first kappa shape index (κ1) is 19.0. The van der Waals surface area contributed by atoms with Gasteiger partial charge >= 0.3 is 0 Å². The van der Waals surface area contributed by atoms with Crippen LogP contribution >= 0.6 is 11.3 Å². The van der Waals surface area contributed by atoms with Crippen LogP contribution in [-0.4, -0.2) is 26.0 Å². The van der Waals surface area contributed by atoms with Crippen molar-refractivity contribution in [1.82, 2.24) is 0 Å². The zero-order chi connectivity index (χ0) is 18.8. The lowest BCUT2D eigenvalue weighted by atomic mass is 9.96. The molecule has 5 nitrogen and oxygen atoms in total. The van der Waals surface area contributed by atoms with Crippen molar-refractivity contribution in [3.05, 3.63) is 40.8 Å². The first-order valence-corrected chi connectivity index (χ1v) is 8.79. The van der Waals surface area contributed by atoms with E-state index in [-0.39, 0.29) is 11.8 Å². The third-order valence-corrected chi connectivity index (χ3v) is 4.92. The van der Waals surface area contributed by atoms with E-state index >= 15 is 0 Å². The number of hydrogen-bond acceptors (Lipinski definition) is 4. The minimum Gasteiger partial charge on any atom is -0.495 e. The van der Waals surface area contributed by atoms with Gasteiger partial charge in [0.1, 0.15) is 5.75 Å². The fourth-order valence-corrected chi connectivity index (χ4v) is 3.27. The normalized spacial score (nSPS) is 11.1. The summed E-state index contributed by atoms with van der Waals surface area (Å²) < 4.78 is 5.33. The number of rotatable bonds is 4. The molecule has 0 aliphatic carbocycles. The zero-order valence-corrected chi connectivity index (χ0v) is 16.3. The van der Waals surface area contributed by atoms with Crippen molar-refractivity contribution >= 4 is 33.8 Å². The highest BCUT2D eigenvalue weighted by molar-refractivity contribution is 7.18. The number of nitrogens with one attached hydrogen (secondary N) is 1. The molecule has 0 saturated heterocycles. The summed E-state index contributed by atoms with van der Waals surface area (Å²) in [5.41, 5.74) is 1.04. The molecule has 0 spiro atoms. The average Bonchev–Trinajstić information content (AvgIpc) is 2.92. The summed E-state index contributed by atoms with van der Waals surface area (Å²) in [4.78, 5) is 27.2. The van der Waals surface area contributed by atoms with E-state index in [1.165, 1.54) is 11.3 Å². The van der Waals surface area contributed by atoms with Gasteiger partial charge in [0.2, 0.25) is 5.91 Å². The van der Waals surface area contributed by atoms with Crippen molar-refractivity contribution in [1.29, 1.82) is 0 Å². The van der Waals surface area contributed by atoms with E-state index in [9.17, 15) is 9.59 Å². The number of ether oxygens (including phenoxy) is 1. The number of anilines is 2. The van der Waals surface area contributed by atoms with Crippen molar-refractivity contribution in [2.45, 2.75) is 27.7 Å². The molecule has 0 aliphatic rings. The van der Waals surface area contributed by atoms with Crippen LogP contribution in [0.3, 0.4) is 0 Å². The predicted octanol–water partition coefficient (Wildman–Crippen LogP) is 4.33. The summed E-state index contributed by atoms with van der Waals surface area (Å²) in [5.74, 6) is 0.419. The van der Waals surface area contributed by atoms with Crippen molar-refractivity contribution < 1.29 is 14.3 Å². The van der Waals surface area contributed by atoms with Crippen LogP contribution in [0.1, 0.15) is 36.0 Å². The van der Waals surface area contributed by atoms with Gasteiger partial charge in [0.05, 0.1) is 22.7 Å². The van der Waals surface area contributed by atoms with Crippen LogP contribution in [0, 0.1) is 12.3 Å². The Balaban J connectivity index is 2.26. The Kier molecular flexibility index (Phi) is 5.52. The molecule has 1 aromatic heterocycles. The Morgan fingerprint density at radius 1 is 1.20 bits per heavy atom. The number of thiophene rings is 1. The van der Waals surface area contributed by atoms with Gasteiger partial charge < -0.3 is 15.0 Å². The van der Waals surface area contributed by atoms with Crippen LogP contribution in [0.25, 0.3) is 0 Å². The molecule has 0 atom stereocenters. The van der Waals surface area contributed by atoms with Crippen LogP contribution in [0.5, 0.6) is 5.75 Å². The van der Waals surface area contributed by atoms with Crippen LogP contribution in [0.2, 0.25) is 0 Å². The summed E-state index contributed by atoms with van der Waals surface area (Å²) in [6, 6.07) is 9.20. The molecule has 2 aromatic rings. The number of methoxy groups -OCH3 is 1. The van der Waals surface area contributed by atoms with Gasteiger partial charge in [0.25, 0.3) is 5.91 Å². The summed E-state index contributed by atoms with van der Waals surface area (Å²) in [7, 11) is 3.29. The summed E-state index contributed by atoms with van der Waals surface area (Å²) >= 11 is 1.28. The maximum absolute atomic E-state index is 12.9. The highest BCUT2D eigenvalue weighted by atomic mass is 32.1. The van der Waals surface area contributed by atoms with Crippen LogP contribution in [0.4, 0.5) is 10.7 Å². The Morgan fingerprint density at radius 3 is 2.44 bits per heavy atom. The van der Waals surface area contributed by atoms with Gasteiger partial charge in [0.15, 0.2) is 0 Å². The van der Waals surface area contributed by atoms with Gasteiger partial charge in [-0.15, -0.1) is 11.3 Å². The van der Waals surface area contributed by atoms with Crippen LogP contribution < -0.4 is 15.0 Å². The average molecular weight is 360 g/mol. The lowest BCUT2D eigenvalue weighted by Gasteiger charge is -2.19. The third kappa shape index (κ3) is 4.20. The van der Waals surface area contributed by atoms with Crippen molar-refractivity contribution in [3.8, 4) is 5.75 Å². The van der Waals surface area contributed by atoms with E-state index in [1.54, 1.807) is 19.1 Å². The topological polar surface area (TPSA) is 58.6 Å². The van der Waals surface area contributed by atoms with Crippen LogP contribution in [-0.2, 0) is 4.79 Å². The molecule has 1 N–H and O–H groups in total. The number of hydrogen-bond donors (Lipinski definition) is 1. The number of benzene rings is 1. The SMILES string of the molecule is COc1ccccc1N(C)C(=O)c1sc(NC(=O)C(C)(C)C)cc1C. The molecule has 1 heterocycles. The number of aryl methyl sites for hydroxylation is 1. The van der Waals surface area contributed by atoms with E-state index in [4.69, 9.17) is 4.74 Å². The molecule has 25 heavy (non-hydrogen) atoms. The monoisotopic (exact) mass is 360 g/mol. The molecule has 0 fully saturated rings. The van der Waals surface area contributed by atoms with Crippen molar-refractivity contribution in [3.63, 3.8) is 0 Å². The summed E-state index contributed by atoms with van der Waals surface area (Å²) in [6.45, 7) is 7.42. The first-order chi connectivity index (χ1) is 11.6. The minimum atomic E-state index is -0.490. The Bertz CT molecular complexity index is 790. The second-order valence-corrected chi connectivity index (χ2v) is 7.92. The van der Waals surface area contributed by atoms with Crippen molar-refractivity contribution in [2.24, 2.45) is 5.41 Å². The molecule has 134 valence electrons. The summed E-state index contributed by atoms with van der Waals surface area (Å²) in [6.07, 6.45) is 0. The third-order valence-electron chi connectivity index (χ3n) is 3.78. The minimum absolute atomic E-state index is 0.0779. The van der Waals surface area contributed by atoms with Gasteiger partial charge in [-0.1, -0.05) is 32.9 Å². The number of para-hydroxylation sites is 2. The molecule has 0 aliphatic heterocycles. The molecule has 2 amide bonds. The quantitative estimate of drug-likeness (QED) is 0.883. The first-order valence-electron chi connectivity index (χ1n) is 7.98. The smallest absolute Gasteiger partial charge is 0.268 e. The fraction of sp³-hybridized carbons (Fsp3) is 0.368. The van der Waals surface area contributed by atoms with Gasteiger partial charge in [-0.3, -0.25) is 9.59 Å².